The monoisotopic (exact) mass is 149 g/mol. The highest BCUT2D eigenvalue weighted by Crippen LogP contribution is 2.07. The van der Waals surface area contributed by atoms with Gasteiger partial charge in [0.1, 0.15) is 0 Å². The first-order chi connectivity index (χ1) is 5.38. The van der Waals surface area contributed by atoms with E-state index in [9.17, 15) is 4.79 Å². The van der Waals surface area contributed by atoms with Gasteiger partial charge in [-0.25, -0.2) is 0 Å². The van der Waals surface area contributed by atoms with Crippen molar-refractivity contribution in [2.24, 2.45) is 0 Å². The average molecular weight is 149 g/mol. The third-order valence-corrected chi connectivity index (χ3v) is 1.38. The van der Waals surface area contributed by atoms with E-state index < -0.39 is 0 Å². The molecule has 0 unspecified atom stereocenters. The van der Waals surface area contributed by atoms with Crippen LogP contribution in [0.4, 0.5) is 5.69 Å². The predicted octanol–water partition coefficient (Wildman–Crippen LogP) is 0.975. The Morgan fingerprint density at radius 2 is 2.55 bits per heavy atom. The van der Waals surface area contributed by atoms with E-state index in [1.165, 1.54) is 4.90 Å². The van der Waals surface area contributed by atoms with E-state index in [1.807, 2.05) is 19.4 Å². The SMILES string of the molecule is CCN([C]=O)c1cccnc1. The summed E-state index contributed by atoms with van der Waals surface area (Å²) in [6.07, 6.45) is 5.11. The van der Waals surface area contributed by atoms with E-state index in [2.05, 4.69) is 4.98 Å². The Hall–Kier alpha value is -1.38. The van der Waals surface area contributed by atoms with Crippen LogP contribution in [0.5, 0.6) is 0 Å². The lowest BCUT2D eigenvalue weighted by atomic mass is 10.4. The average Bonchev–Trinajstić information content (AvgIpc) is 2.09. The molecule has 0 bridgehead atoms. The predicted molar refractivity (Wildman–Crippen MR) is 43.0 cm³/mol. The molecule has 57 valence electrons. The Balaban J connectivity index is 2.82. The summed E-state index contributed by atoms with van der Waals surface area (Å²) in [7, 11) is 0. The molecule has 1 rings (SSSR count). The molecule has 0 spiro atoms. The minimum absolute atomic E-state index is 0.620. The largest absolute Gasteiger partial charge is 0.316 e. The number of carbonyl (C=O) groups excluding carboxylic acids is 1. The van der Waals surface area contributed by atoms with E-state index in [4.69, 9.17) is 0 Å². The van der Waals surface area contributed by atoms with Crippen molar-refractivity contribution >= 4 is 12.1 Å². The lowest BCUT2D eigenvalue weighted by molar-refractivity contribution is 0.552. The summed E-state index contributed by atoms with van der Waals surface area (Å²) in [5, 5.41) is 0. The molecule has 1 heterocycles. The lowest BCUT2D eigenvalue weighted by Crippen LogP contribution is -2.19. The topological polar surface area (TPSA) is 33.2 Å². The maximum absolute atomic E-state index is 10.3. The quantitative estimate of drug-likeness (QED) is 0.600. The number of amides is 1. The standard InChI is InChI=1S/C8H9N2O/c1-2-10(7-11)8-4-3-5-9-6-8/h3-6H,2H2,1H3. The number of pyridine rings is 1. The second-order valence-corrected chi connectivity index (χ2v) is 2.05. The van der Waals surface area contributed by atoms with Gasteiger partial charge in [0, 0.05) is 12.7 Å². The van der Waals surface area contributed by atoms with Crippen LogP contribution in [-0.4, -0.2) is 17.9 Å². The molecule has 3 heteroatoms. The van der Waals surface area contributed by atoms with E-state index >= 15 is 0 Å². The van der Waals surface area contributed by atoms with Crippen molar-refractivity contribution in [3.05, 3.63) is 24.5 Å². The van der Waals surface area contributed by atoms with E-state index in [-0.39, 0.29) is 0 Å². The zero-order valence-corrected chi connectivity index (χ0v) is 6.32. The molecule has 0 saturated heterocycles. The van der Waals surface area contributed by atoms with Crippen molar-refractivity contribution in [3.63, 3.8) is 0 Å². The molecular formula is C8H9N2O. The van der Waals surface area contributed by atoms with Gasteiger partial charge in [0.15, 0.2) is 0 Å². The first-order valence-corrected chi connectivity index (χ1v) is 3.44. The van der Waals surface area contributed by atoms with Gasteiger partial charge in [-0.2, -0.15) is 0 Å². The van der Waals surface area contributed by atoms with Crippen LogP contribution >= 0.6 is 0 Å². The van der Waals surface area contributed by atoms with Gasteiger partial charge < -0.3 is 4.90 Å². The van der Waals surface area contributed by atoms with Crippen LogP contribution in [0.2, 0.25) is 0 Å². The number of rotatable bonds is 3. The summed E-state index contributed by atoms with van der Waals surface area (Å²) in [5.41, 5.74) is 0.782. The van der Waals surface area contributed by atoms with Gasteiger partial charge in [-0.15, -0.1) is 0 Å². The first-order valence-electron chi connectivity index (χ1n) is 3.44. The molecule has 1 aromatic heterocycles. The molecule has 1 amide bonds. The number of anilines is 1. The van der Waals surface area contributed by atoms with Crippen LogP contribution in [-0.2, 0) is 4.79 Å². The smallest absolute Gasteiger partial charge is 0.303 e. The van der Waals surface area contributed by atoms with Crippen molar-refractivity contribution in [1.82, 2.24) is 4.98 Å². The highest BCUT2D eigenvalue weighted by atomic mass is 16.1. The molecule has 1 radical (unpaired) electrons. The molecule has 0 aliphatic heterocycles. The minimum atomic E-state index is 0.620. The molecule has 0 N–H and O–H groups in total. The molecule has 0 aliphatic rings. The molecule has 3 nitrogen and oxygen atoms in total. The van der Waals surface area contributed by atoms with Gasteiger partial charge in [0.25, 0.3) is 0 Å². The van der Waals surface area contributed by atoms with Crippen molar-refractivity contribution in [1.29, 1.82) is 0 Å². The fourth-order valence-electron chi connectivity index (χ4n) is 0.813. The fourth-order valence-corrected chi connectivity index (χ4v) is 0.813. The van der Waals surface area contributed by atoms with Gasteiger partial charge in [-0.3, -0.25) is 9.78 Å². The molecule has 1 aromatic rings. The maximum Gasteiger partial charge on any atom is 0.316 e. The zero-order valence-electron chi connectivity index (χ0n) is 6.32. The number of aromatic nitrogens is 1. The van der Waals surface area contributed by atoms with E-state index in [0.717, 1.165) is 5.69 Å². The summed E-state index contributed by atoms with van der Waals surface area (Å²) >= 11 is 0. The summed E-state index contributed by atoms with van der Waals surface area (Å²) in [6, 6.07) is 3.61. The minimum Gasteiger partial charge on any atom is -0.303 e. The van der Waals surface area contributed by atoms with Gasteiger partial charge >= 0.3 is 6.41 Å². The second kappa shape index (κ2) is 3.71. The number of nitrogens with zero attached hydrogens (tertiary/aromatic N) is 2. The van der Waals surface area contributed by atoms with Crippen LogP contribution in [0, 0.1) is 0 Å². The maximum atomic E-state index is 10.3. The molecule has 0 aliphatic carbocycles. The molecule has 0 atom stereocenters. The molecule has 0 fully saturated rings. The van der Waals surface area contributed by atoms with Crippen LogP contribution in [0.1, 0.15) is 6.92 Å². The van der Waals surface area contributed by atoms with Crippen molar-refractivity contribution in [2.45, 2.75) is 6.92 Å². The van der Waals surface area contributed by atoms with Gasteiger partial charge in [-0.1, -0.05) is 0 Å². The highest BCUT2D eigenvalue weighted by molar-refractivity contribution is 5.74. The third kappa shape index (κ3) is 1.77. The summed E-state index contributed by atoms with van der Waals surface area (Å²) in [6.45, 7) is 2.51. The third-order valence-electron chi connectivity index (χ3n) is 1.38. The van der Waals surface area contributed by atoms with Crippen molar-refractivity contribution in [2.75, 3.05) is 11.4 Å². The Bertz CT molecular complexity index is 223. The van der Waals surface area contributed by atoms with Gasteiger partial charge in [-0.05, 0) is 19.1 Å². The van der Waals surface area contributed by atoms with Crippen LogP contribution < -0.4 is 4.90 Å². The van der Waals surface area contributed by atoms with Crippen LogP contribution in [0.25, 0.3) is 0 Å². The molecule has 11 heavy (non-hydrogen) atoms. The lowest BCUT2D eigenvalue weighted by Gasteiger charge is -2.11. The van der Waals surface area contributed by atoms with E-state index in [1.54, 1.807) is 18.5 Å². The summed E-state index contributed by atoms with van der Waals surface area (Å²) in [4.78, 5) is 15.7. The van der Waals surface area contributed by atoms with Crippen molar-refractivity contribution < 1.29 is 4.79 Å². The number of hydrogen-bond donors (Lipinski definition) is 0. The Morgan fingerprint density at radius 1 is 1.73 bits per heavy atom. The first kappa shape index (κ1) is 7.72. The van der Waals surface area contributed by atoms with Crippen LogP contribution in [0.15, 0.2) is 24.5 Å². The highest BCUT2D eigenvalue weighted by Gasteiger charge is 2.00. The number of hydrogen-bond acceptors (Lipinski definition) is 2. The Labute approximate surface area is 65.7 Å². The van der Waals surface area contributed by atoms with Crippen molar-refractivity contribution in [3.8, 4) is 0 Å². The Morgan fingerprint density at radius 3 is 3.00 bits per heavy atom. The van der Waals surface area contributed by atoms with Gasteiger partial charge in [0.2, 0.25) is 0 Å². The zero-order chi connectivity index (χ0) is 8.10. The van der Waals surface area contributed by atoms with Gasteiger partial charge in [0.05, 0.1) is 11.9 Å². The molecular weight excluding hydrogens is 140 g/mol. The molecule has 0 aromatic carbocycles. The molecule has 0 saturated carbocycles. The normalized spacial score (nSPS) is 9.18. The fraction of sp³-hybridized carbons (Fsp3) is 0.250. The van der Waals surface area contributed by atoms with Crippen LogP contribution in [0.3, 0.4) is 0 Å². The summed E-state index contributed by atoms with van der Waals surface area (Å²) < 4.78 is 0. The second-order valence-electron chi connectivity index (χ2n) is 2.05. The Kier molecular flexibility index (Phi) is 2.60. The summed E-state index contributed by atoms with van der Waals surface area (Å²) in [5.74, 6) is 0. The van der Waals surface area contributed by atoms with E-state index in [0.29, 0.717) is 6.54 Å².